The normalized spacial score (nSPS) is 24.5. The minimum absolute atomic E-state index is 0.350. The van der Waals surface area contributed by atoms with E-state index >= 15 is 0 Å². The molecule has 1 N–H and O–H groups in total. The highest BCUT2D eigenvalue weighted by molar-refractivity contribution is 5.03. The van der Waals surface area contributed by atoms with Crippen LogP contribution in [-0.4, -0.2) is 36.6 Å². The number of hydrogen-bond donors (Lipinski definition) is 1. The van der Waals surface area contributed by atoms with E-state index in [1.54, 1.807) is 0 Å². The largest absolute Gasteiger partial charge is 0.303 e. The standard InChI is InChI=1S/C14H27N3/c1-4-6-13-7-9-17(11-13)10-8-14(3,12-15)16-5-2/h13,16H,4-11H2,1-3H3. The molecule has 0 aromatic rings. The molecule has 1 aliphatic heterocycles. The highest BCUT2D eigenvalue weighted by atomic mass is 15.1. The zero-order valence-electron chi connectivity index (χ0n) is 11.6. The molecule has 2 unspecified atom stereocenters. The van der Waals surface area contributed by atoms with E-state index in [0.717, 1.165) is 25.4 Å². The molecule has 1 fully saturated rings. The Morgan fingerprint density at radius 3 is 2.82 bits per heavy atom. The van der Waals surface area contributed by atoms with Crippen LogP contribution in [0, 0.1) is 17.2 Å². The fourth-order valence-electron chi connectivity index (χ4n) is 2.72. The number of nitrogens with one attached hydrogen (secondary N) is 1. The Bertz CT molecular complexity index is 259. The van der Waals surface area contributed by atoms with Crippen molar-refractivity contribution in [1.29, 1.82) is 5.26 Å². The lowest BCUT2D eigenvalue weighted by molar-refractivity contribution is 0.280. The van der Waals surface area contributed by atoms with Gasteiger partial charge in [0.15, 0.2) is 0 Å². The Kier molecular flexibility index (Phi) is 5.94. The third-order valence-electron chi connectivity index (χ3n) is 3.81. The average molecular weight is 237 g/mol. The minimum atomic E-state index is -0.350. The summed E-state index contributed by atoms with van der Waals surface area (Å²) in [6.07, 6.45) is 4.93. The van der Waals surface area contributed by atoms with Gasteiger partial charge in [-0.15, -0.1) is 0 Å². The van der Waals surface area contributed by atoms with Crippen molar-refractivity contribution in [2.24, 2.45) is 5.92 Å². The van der Waals surface area contributed by atoms with Crippen molar-refractivity contribution in [2.75, 3.05) is 26.2 Å². The number of nitrogens with zero attached hydrogens (tertiary/aromatic N) is 2. The van der Waals surface area contributed by atoms with Gasteiger partial charge in [0.1, 0.15) is 5.54 Å². The van der Waals surface area contributed by atoms with E-state index in [2.05, 4.69) is 30.1 Å². The monoisotopic (exact) mass is 237 g/mol. The molecule has 0 aromatic heterocycles. The predicted molar refractivity (Wildman–Crippen MR) is 71.8 cm³/mol. The van der Waals surface area contributed by atoms with Gasteiger partial charge in [-0.3, -0.25) is 5.32 Å². The van der Waals surface area contributed by atoms with E-state index in [-0.39, 0.29) is 5.54 Å². The van der Waals surface area contributed by atoms with Crippen LogP contribution < -0.4 is 5.32 Å². The second kappa shape index (κ2) is 6.98. The highest BCUT2D eigenvalue weighted by Gasteiger charge is 2.26. The number of nitriles is 1. The smallest absolute Gasteiger partial charge is 0.105 e. The summed E-state index contributed by atoms with van der Waals surface area (Å²) < 4.78 is 0. The Morgan fingerprint density at radius 1 is 1.47 bits per heavy atom. The lowest BCUT2D eigenvalue weighted by Crippen LogP contribution is -2.43. The van der Waals surface area contributed by atoms with E-state index in [4.69, 9.17) is 0 Å². The molecule has 0 spiro atoms. The maximum Gasteiger partial charge on any atom is 0.105 e. The van der Waals surface area contributed by atoms with Crippen molar-refractivity contribution in [1.82, 2.24) is 10.2 Å². The van der Waals surface area contributed by atoms with Gasteiger partial charge >= 0.3 is 0 Å². The molecule has 0 aliphatic carbocycles. The van der Waals surface area contributed by atoms with Crippen molar-refractivity contribution >= 4 is 0 Å². The second-order valence-corrected chi connectivity index (χ2v) is 5.47. The number of hydrogen-bond acceptors (Lipinski definition) is 3. The van der Waals surface area contributed by atoms with E-state index in [9.17, 15) is 5.26 Å². The summed E-state index contributed by atoms with van der Waals surface area (Å²) in [4.78, 5) is 2.52. The molecule has 1 saturated heterocycles. The van der Waals surface area contributed by atoms with Crippen LogP contribution in [0.2, 0.25) is 0 Å². The Balaban J connectivity index is 2.29. The Hall–Kier alpha value is -0.590. The van der Waals surface area contributed by atoms with Crippen molar-refractivity contribution in [3.8, 4) is 6.07 Å². The molecule has 1 rings (SSSR count). The maximum absolute atomic E-state index is 9.20. The molecule has 1 aliphatic rings. The summed E-state index contributed by atoms with van der Waals surface area (Å²) in [5.74, 6) is 0.896. The molecular weight excluding hydrogens is 210 g/mol. The maximum atomic E-state index is 9.20. The third-order valence-corrected chi connectivity index (χ3v) is 3.81. The van der Waals surface area contributed by atoms with Crippen LogP contribution >= 0.6 is 0 Å². The van der Waals surface area contributed by atoms with Crippen LogP contribution in [0.1, 0.15) is 46.5 Å². The first kappa shape index (κ1) is 14.5. The van der Waals surface area contributed by atoms with Gasteiger partial charge in [0.25, 0.3) is 0 Å². The van der Waals surface area contributed by atoms with Gasteiger partial charge in [-0.1, -0.05) is 20.3 Å². The average Bonchev–Trinajstić information content (AvgIpc) is 2.75. The van der Waals surface area contributed by atoms with Crippen LogP contribution in [0.4, 0.5) is 0 Å². The summed E-state index contributed by atoms with van der Waals surface area (Å²) in [5.41, 5.74) is -0.350. The van der Waals surface area contributed by atoms with Gasteiger partial charge in [-0.05, 0) is 45.2 Å². The quantitative estimate of drug-likeness (QED) is 0.739. The van der Waals surface area contributed by atoms with Gasteiger partial charge in [-0.25, -0.2) is 0 Å². The third kappa shape index (κ3) is 4.65. The van der Waals surface area contributed by atoms with Gasteiger partial charge in [0.05, 0.1) is 6.07 Å². The molecule has 3 heteroatoms. The van der Waals surface area contributed by atoms with Crippen LogP contribution in [-0.2, 0) is 0 Å². The van der Waals surface area contributed by atoms with E-state index in [1.165, 1.54) is 32.4 Å². The van der Waals surface area contributed by atoms with Crippen LogP contribution in [0.3, 0.4) is 0 Å². The first-order valence-corrected chi connectivity index (χ1v) is 7.02. The van der Waals surface area contributed by atoms with E-state index < -0.39 is 0 Å². The molecular formula is C14H27N3. The molecule has 0 radical (unpaired) electrons. The lowest BCUT2D eigenvalue weighted by atomic mass is 9.99. The predicted octanol–water partition coefficient (Wildman–Crippen LogP) is 2.39. The fraction of sp³-hybridized carbons (Fsp3) is 0.929. The molecule has 17 heavy (non-hydrogen) atoms. The lowest BCUT2D eigenvalue weighted by Gasteiger charge is -2.25. The molecule has 0 saturated carbocycles. The van der Waals surface area contributed by atoms with Crippen molar-refractivity contribution < 1.29 is 0 Å². The van der Waals surface area contributed by atoms with Crippen LogP contribution in [0.15, 0.2) is 0 Å². The molecule has 0 bridgehead atoms. The van der Waals surface area contributed by atoms with Gasteiger partial charge in [-0.2, -0.15) is 5.26 Å². The van der Waals surface area contributed by atoms with Gasteiger partial charge in [0.2, 0.25) is 0 Å². The molecule has 0 amide bonds. The zero-order chi connectivity index (χ0) is 12.7. The Morgan fingerprint density at radius 2 is 2.24 bits per heavy atom. The first-order chi connectivity index (χ1) is 8.13. The summed E-state index contributed by atoms with van der Waals surface area (Å²) in [5, 5.41) is 12.5. The van der Waals surface area contributed by atoms with E-state index in [0.29, 0.717) is 0 Å². The first-order valence-electron chi connectivity index (χ1n) is 7.02. The van der Waals surface area contributed by atoms with Crippen molar-refractivity contribution in [3.63, 3.8) is 0 Å². The molecule has 0 aromatic carbocycles. The van der Waals surface area contributed by atoms with Crippen LogP contribution in [0.25, 0.3) is 0 Å². The van der Waals surface area contributed by atoms with Crippen LogP contribution in [0.5, 0.6) is 0 Å². The Labute approximate surface area is 106 Å². The van der Waals surface area contributed by atoms with Gasteiger partial charge < -0.3 is 4.90 Å². The summed E-state index contributed by atoms with van der Waals surface area (Å²) in [7, 11) is 0. The topological polar surface area (TPSA) is 39.1 Å². The molecule has 2 atom stereocenters. The fourth-order valence-corrected chi connectivity index (χ4v) is 2.72. The second-order valence-electron chi connectivity index (χ2n) is 5.47. The number of rotatable bonds is 7. The highest BCUT2D eigenvalue weighted by Crippen LogP contribution is 2.22. The van der Waals surface area contributed by atoms with Gasteiger partial charge in [0, 0.05) is 13.1 Å². The molecule has 1 heterocycles. The van der Waals surface area contributed by atoms with Crippen molar-refractivity contribution in [2.45, 2.75) is 52.0 Å². The van der Waals surface area contributed by atoms with E-state index in [1.807, 2.05) is 6.92 Å². The minimum Gasteiger partial charge on any atom is -0.303 e. The zero-order valence-corrected chi connectivity index (χ0v) is 11.6. The summed E-state index contributed by atoms with van der Waals surface area (Å²) in [6.45, 7) is 10.7. The SMILES string of the molecule is CCCC1CCN(CCC(C)(C#N)NCC)C1. The summed E-state index contributed by atoms with van der Waals surface area (Å²) in [6, 6.07) is 2.40. The summed E-state index contributed by atoms with van der Waals surface area (Å²) >= 11 is 0. The number of likely N-dealkylation sites (tertiary alicyclic amines) is 1. The molecule has 3 nitrogen and oxygen atoms in total. The van der Waals surface area contributed by atoms with Crippen molar-refractivity contribution in [3.05, 3.63) is 0 Å². The molecule has 98 valence electrons.